The lowest BCUT2D eigenvalue weighted by atomic mass is 10.2. The van der Waals surface area contributed by atoms with Crippen molar-refractivity contribution in [3.05, 3.63) is 47.7 Å². The van der Waals surface area contributed by atoms with Crippen LogP contribution in [0.25, 0.3) is 16.6 Å². The van der Waals surface area contributed by atoms with Crippen LogP contribution in [-0.2, 0) is 4.74 Å². The molecule has 0 radical (unpaired) electrons. The van der Waals surface area contributed by atoms with Crippen LogP contribution < -0.4 is 16.0 Å². The van der Waals surface area contributed by atoms with Gasteiger partial charge in [-0.15, -0.1) is 42.3 Å². The van der Waals surface area contributed by atoms with Crippen molar-refractivity contribution in [3.8, 4) is 5.69 Å². The van der Waals surface area contributed by atoms with E-state index in [9.17, 15) is 4.79 Å². The number of urea groups is 1. The molecule has 2 amide bonds. The first-order valence-corrected chi connectivity index (χ1v) is 12.9. The van der Waals surface area contributed by atoms with E-state index >= 15 is 0 Å². The Kier molecular flexibility index (Phi) is 13.3. The number of aromatic nitrogens is 3. The lowest BCUT2D eigenvalue weighted by Crippen LogP contribution is -2.55. The van der Waals surface area contributed by atoms with Gasteiger partial charge in [-0.25, -0.2) is 9.48 Å². The minimum atomic E-state index is 0. The summed E-state index contributed by atoms with van der Waals surface area (Å²) in [6, 6.07) is 9.69. The second-order valence-electron chi connectivity index (χ2n) is 9.21. The van der Waals surface area contributed by atoms with Crippen LogP contribution >= 0.6 is 48.8 Å². The number of benzene rings is 1. The molecule has 2 aliphatic heterocycles. The van der Waals surface area contributed by atoms with Crippen molar-refractivity contribution in [2.45, 2.75) is 12.5 Å². The van der Waals surface area contributed by atoms with E-state index in [-0.39, 0.29) is 49.4 Å². The average Bonchev–Trinajstić information content (AvgIpc) is 3.30. The van der Waals surface area contributed by atoms with Gasteiger partial charge in [-0.05, 0) is 43.3 Å². The van der Waals surface area contributed by atoms with Crippen molar-refractivity contribution < 1.29 is 9.53 Å². The lowest BCUT2D eigenvalue weighted by molar-refractivity contribution is 0.00761. The van der Waals surface area contributed by atoms with Gasteiger partial charge < -0.3 is 25.6 Å². The zero-order valence-electron chi connectivity index (χ0n) is 21.6. The van der Waals surface area contributed by atoms with Gasteiger partial charge in [0, 0.05) is 69.0 Å². The van der Waals surface area contributed by atoms with E-state index in [1.165, 1.54) is 0 Å². The van der Waals surface area contributed by atoms with Crippen molar-refractivity contribution in [3.63, 3.8) is 0 Å². The van der Waals surface area contributed by atoms with E-state index in [1.54, 1.807) is 0 Å². The number of nitrogens with zero attached hydrogens (tertiary/aromatic N) is 6. The van der Waals surface area contributed by atoms with Crippen LogP contribution in [0.15, 0.2) is 42.7 Å². The molecule has 2 aliphatic rings. The number of nitrogens with two attached hydrogens (primary N) is 1. The van der Waals surface area contributed by atoms with E-state index in [0.29, 0.717) is 37.8 Å². The normalized spacial score (nSPS) is 17.6. The zero-order valence-corrected chi connectivity index (χ0v) is 24.8. The van der Waals surface area contributed by atoms with Gasteiger partial charge in [0.25, 0.3) is 0 Å². The molecule has 4 heterocycles. The number of fused-ring (bicyclic) bond motifs is 1. The Labute approximate surface area is 252 Å². The third-order valence-corrected chi connectivity index (χ3v) is 7.00. The summed E-state index contributed by atoms with van der Waals surface area (Å²) in [6.45, 7) is 7.33. The number of morpholine rings is 1. The molecule has 2 fully saturated rings. The van der Waals surface area contributed by atoms with Gasteiger partial charge in [-0.1, -0.05) is 11.6 Å². The molecule has 3 N–H and O–H groups in total. The molecule has 10 nitrogen and oxygen atoms in total. The molecule has 5 rings (SSSR count). The number of hydrogen-bond acceptors (Lipinski definition) is 7. The molecular formula is C25H36Cl4N8O2. The Hall–Kier alpha value is -2.05. The predicted molar refractivity (Wildman–Crippen MR) is 163 cm³/mol. The number of rotatable bonds is 7. The number of halogens is 4. The fourth-order valence-corrected chi connectivity index (χ4v) is 4.94. The van der Waals surface area contributed by atoms with Crippen molar-refractivity contribution in [2.24, 2.45) is 5.73 Å². The molecule has 3 aromatic rings. The quantitative estimate of drug-likeness (QED) is 0.390. The van der Waals surface area contributed by atoms with Crippen LogP contribution in [0.2, 0.25) is 5.02 Å². The summed E-state index contributed by atoms with van der Waals surface area (Å²) in [7, 11) is 0. The maximum absolute atomic E-state index is 12.3. The van der Waals surface area contributed by atoms with Gasteiger partial charge in [0.05, 0.1) is 30.1 Å². The largest absolute Gasteiger partial charge is 0.373 e. The number of carbonyl (C=O) groups is 1. The summed E-state index contributed by atoms with van der Waals surface area (Å²) in [4.78, 5) is 23.2. The van der Waals surface area contributed by atoms with Gasteiger partial charge in [0.15, 0.2) is 5.82 Å². The molecule has 1 unspecified atom stereocenters. The molecule has 0 bridgehead atoms. The zero-order chi connectivity index (χ0) is 24.9. The lowest BCUT2D eigenvalue weighted by Gasteiger charge is -2.39. The second-order valence-corrected chi connectivity index (χ2v) is 9.64. The molecule has 1 atom stereocenters. The first-order valence-electron chi connectivity index (χ1n) is 12.5. The fourth-order valence-electron chi connectivity index (χ4n) is 4.81. The molecule has 0 spiro atoms. The van der Waals surface area contributed by atoms with Gasteiger partial charge in [0.1, 0.15) is 0 Å². The van der Waals surface area contributed by atoms with E-state index in [1.807, 2.05) is 52.3 Å². The van der Waals surface area contributed by atoms with E-state index in [0.717, 1.165) is 61.6 Å². The van der Waals surface area contributed by atoms with E-state index < -0.39 is 0 Å². The number of ether oxygens (including phenoxy) is 1. The summed E-state index contributed by atoms with van der Waals surface area (Å²) < 4.78 is 8.07. The smallest absolute Gasteiger partial charge is 0.317 e. The van der Waals surface area contributed by atoms with Gasteiger partial charge >= 0.3 is 6.03 Å². The summed E-state index contributed by atoms with van der Waals surface area (Å²) in [5.41, 5.74) is 7.41. The van der Waals surface area contributed by atoms with E-state index in [4.69, 9.17) is 27.2 Å². The van der Waals surface area contributed by atoms with Crippen molar-refractivity contribution in [2.75, 3.05) is 70.4 Å². The van der Waals surface area contributed by atoms with E-state index in [2.05, 4.69) is 20.1 Å². The first kappa shape index (κ1) is 33.2. The fraction of sp³-hybridized carbons (Fsp3) is 0.480. The Bertz CT molecular complexity index is 1170. The number of piperazine rings is 1. The van der Waals surface area contributed by atoms with Crippen LogP contribution in [0, 0.1) is 0 Å². The topological polar surface area (TPSA) is 105 Å². The Morgan fingerprint density at radius 1 is 1.08 bits per heavy atom. The third kappa shape index (κ3) is 8.00. The highest BCUT2D eigenvalue weighted by Gasteiger charge is 2.28. The highest BCUT2D eigenvalue weighted by atomic mass is 35.5. The minimum Gasteiger partial charge on any atom is -0.373 e. The molecule has 0 aliphatic carbocycles. The maximum Gasteiger partial charge on any atom is 0.317 e. The van der Waals surface area contributed by atoms with Gasteiger partial charge in [-0.2, -0.15) is 0 Å². The highest BCUT2D eigenvalue weighted by Crippen LogP contribution is 2.29. The average molecular weight is 622 g/mol. The molecule has 14 heteroatoms. The summed E-state index contributed by atoms with van der Waals surface area (Å²) in [5, 5.41) is 9.68. The van der Waals surface area contributed by atoms with Crippen LogP contribution in [0.3, 0.4) is 0 Å². The number of hydrogen-bond donors (Lipinski definition) is 2. The third-order valence-electron chi connectivity index (χ3n) is 6.75. The van der Waals surface area contributed by atoms with Crippen LogP contribution in [0.1, 0.15) is 6.42 Å². The molecule has 2 saturated heterocycles. The van der Waals surface area contributed by atoms with Crippen molar-refractivity contribution in [1.29, 1.82) is 0 Å². The summed E-state index contributed by atoms with van der Waals surface area (Å²) in [6.07, 6.45) is 4.53. The van der Waals surface area contributed by atoms with Gasteiger partial charge in [0.2, 0.25) is 0 Å². The molecule has 1 aromatic carbocycles. The second kappa shape index (κ2) is 15.7. The predicted octanol–water partition coefficient (Wildman–Crippen LogP) is 3.22. The monoisotopic (exact) mass is 620 g/mol. The minimum absolute atomic E-state index is 0. The van der Waals surface area contributed by atoms with Gasteiger partial charge in [-0.3, -0.25) is 9.88 Å². The molecule has 39 heavy (non-hydrogen) atoms. The summed E-state index contributed by atoms with van der Waals surface area (Å²) in [5.74, 6) is 0.939. The Morgan fingerprint density at radius 3 is 2.54 bits per heavy atom. The number of carbonyl (C=O) groups excluding carboxylic acids is 1. The van der Waals surface area contributed by atoms with Crippen LogP contribution in [0.5, 0.6) is 0 Å². The molecular weight excluding hydrogens is 586 g/mol. The van der Waals surface area contributed by atoms with Crippen LogP contribution in [0.4, 0.5) is 10.6 Å². The Balaban J connectivity index is 0.00000178. The molecule has 0 saturated carbocycles. The number of amides is 2. The van der Waals surface area contributed by atoms with Crippen molar-refractivity contribution >= 4 is 71.6 Å². The number of anilines is 1. The first-order chi connectivity index (χ1) is 17.6. The Morgan fingerprint density at radius 2 is 1.82 bits per heavy atom. The number of nitrogens with one attached hydrogen (secondary N) is 1. The SMILES string of the molecule is Cl.Cl.Cl.NCCCNC(=O)N1CCN(CC2CN(c3nn(-c4ccc(Cl)cc4)c4cnccc34)CCO2)CC1. The van der Waals surface area contributed by atoms with Crippen molar-refractivity contribution in [1.82, 2.24) is 29.9 Å². The maximum atomic E-state index is 12.3. The summed E-state index contributed by atoms with van der Waals surface area (Å²) >= 11 is 6.09. The molecule has 216 valence electrons. The standard InChI is InChI=1S/C25H33ClN8O2.3ClH/c26-19-2-4-20(5-3-19)34-23-16-28-9-6-22(23)24(30-34)33-14-15-36-21(18-33)17-31-10-12-32(13-11-31)25(35)29-8-1-7-27;;;/h2-6,9,16,21H,1,7-8,10-15,17-18,27H2,(H,29,35);3*1H. The van der Waals surface area contributed by atoms with Crippen LogP contribution in [-0.4, -0.2) is 102 Å². The number of pyridine rings is 1. The molecule has 2 aromatic heterocycles. The highest BCUT2D eigenvalue weighted by molar-refractivity contribution is 6.30.